The van der Waals surface area contributed by atoms with Gasteiger partial charge in [0.15, 0.2) is 6.29 Å². The molecule has 0 aromatic rings. The van der Waals surface area contributed by atoms with Crippen LogP contribution in [0.1, 0.15) is 316 Å². The number of amides is 1. The number of hydrogen-bond acceptors (Lipinski definition) is 10. The van der Waals surface area contributed by atoms with Crippen molar-refractivity contribution in [3.63, 3.8) is 0 Å². The van der Waals surface area contributed by atoms with Crippen molar-refractivity contribution in [2.24, 2.45) is 0 Å². The van der Waals surface area contributed by atoms with Crippen LogP contribution in [0.15, 0.2) is 12.2 Å². The molecule has 8 N–H and O–H groups in total. The Bertz CT molecular complexity index is 1210. The topological polar surface area (TPSA) is 189 Å². The van der Waals surface area contributed by atoms with Crippen molar-refractivity contribution in [3.8, 4) is 0 Å². The van der Waals surface area contributed by atoms with Gasteiger partial charge in [-0.2, -0.15) is 0 Å². The highest BCUT2D eigenvalue weighted by Gasteiger charge is 2.44. The van der Waals surface area contributed by atoms with Gasteiger partial charge in [0.2, 0.25) is 5.91 Å². The molecular formula is C63H123NO10. The molecule has 1 heterocycles. The zero-order chi connectivity index (χ0) is 54.0. The number of rotatable bonds is 56. The fourth-order valence-corrected chi connectivity index (χ4v) is 10.6. The summed E-state index contributed by atoms with van der Waals surface area (Å²) >= 11 is 0. The van der Waals surface area contributed by atoms with Gasteiger partial charge in [-0.15, -0.1) is 0 Å². The van der Waals surface area contributed by atoms with Crippen molar-refractivity contribution in [2.45, 2.75) is 371 Å². The summed E-state index contributed by atoms with van der Waals surface area (Å²) < 4.78 is 11.2. The van der Waals surface area contributed by atoms with E-state index >= 15 is 0 Å². The van der Waals surface area contributed by atoms with Crippen LogP contribution in [0.4, 0.5) is 0 Å². The van der Waals surface area contributed by atoms with Gasteiger partial charge in [-0.3, -0.25) is 4.79 Å². The lowest BCUT2D eigenvalue weighted by molar-refractivity contribution is -0.303. The summed E-state index contributed by atoms with van der Waals surface area (Å²) in [5, 5.41) is 76.3. The number of carbonyl (C=O) groups excluding carboxylic acids is 1. The first-order chi connectivity index (χ1) is 36.2. The van der Waals surface area contributed by atoms with Crippen LogP contribution in [0.5, 0.6) is 0 Å². The molecule has 0 aliphatic carbocycles. The molecule has 0 radical (unpaired) electrons. The van der Waals surface area contributed by atoms with Crippen molar-refractivity contribution in [1.29, 1.82) is 0 Å². The van der Waals surface area contributed by atoms with Crippen LogP contribution in [0.3, 0.4) is 0 Å². The lowest BCUT2D eigenvalue weighted by Gasteiger charge is -2.40. The molecule has 0 spiro atoms. The third-order valence-corrected chi connectivity index (χ3v) is 15.8. The van der Waals surface area contributed by atoms with E-state index < -0.39 is 74.2 Å². The second-order valence-electron chi connectivity index (χ2n) is 22.8. The molecule has 74 heavy (non-hydrogen) atoms. The Balaban J connectivity index is 2.26. The largest absolute Gasteiger partial charge is 0.394 e. The third kappa shape index (κ3) is 40.1. The first kappa shape index (κ1) is 70.9. The normalized spacial score (nSPS) is 19.8. The average Bonchev–Trinajstić information content (AvgIpc) is 3.40. The summed E-state index contributed by atoms with van der Waals surface area (Å²) in [5.41, 5.74) is 0. The molecular weight excluding hydrogens is 931 g/mol. The van der Waals surface area contributed by atoms with Gasteiger partial charge in [-0.05, 0) is 38.5 Å². The Morgan fingerprint density at radius 1 is 0.459 bits per heavy atom. The molecule has 0 aromatic heterocycles. The minimum absolute atomic E-state index is 0.260. The van der Waals surface area contributed by atoms with E-state index in [0.717, 1.165) is 38.5 Å². The Hall–Kier alpha value is -1.15. The van der Waals surface area contributed by atoms with Crippen LogP contribution in [0.2, 0.25) is 0 Å². The molecule has 9 unspecified atom stereocenters. The van der Waals surface area contributed by atoms with Gasteiger partial charge in [0, 0.05) is 0 Å². The summed E-state index contributed by atoms with van der Waals surface area (Å²) in [6.07, 6.45) is 51.4. The van der Waals surface area contributed by atoms with Crippen LogP contribution in [0.25, 0.3) is 0 Å². The van der Waals surface area contributed by atoms with E-state index in [1.807, 2.05) is 0 Å². The van der Waals surface area contributed by atoms with Gasteiger partial charge in [-0.25, -0.2) is 0 Å². The monoisotopic (exact) mass is 1050 g/mol. The zero-order valence-corrected chi connectivity index (χ0v) is 48.4. The molecule has 0 bridgehead atoms. The van der Waals surface area contributed by atoms with E-state index in [1.54, 1.807) is 0 Å². The van der Waals surface area contributed by atoms with E-state index in [2.05, 4.69) is 31.3 Å². The maximum absolute atomic E-state index is 13.2. The molecule has 1 amide bonds. The SMILES string of the molecule is CCCCCCCCCCCCCCCCCCC/C=C/CCCC(O)C(O)C(COC1OC(CO)C(O)C(O)C1O)NC(=O)C(O)CCCCCCCCCCCCCCCCCCCCCCCCCCC. The number of aliphatic hydroxyl groups excluding tert-OH is 7. The molecule has 1 aliphatic rings. The van der Waals surface area contributed by atoms with Crippen molar-refractivity contribution in [1.82, 2.24) is 5.32 Å². The zero-order valence-electron chi connectivity index (χ0n) is 48.4. The lowest BCUT2D eigenvalue weighted by atomic mass is 9.98. The predicted octanol–water partition coefficient (Wildman–Crippen LogP) is 14.3. The van der Waals surface area contributed by atoms with Gasteiger partial charge in [0.25, 0.3) is 0 Å². The highest BCUT2D eigenvalue weighted by Crippen LogP contribution is 2.24. The van der Waals surface area contributed by atoms with E-state index in [4.69, 9.17) is 9.47 Å². The molecule has 11 nitrogen and oxygen atoms in total. The predicted molar refractivity (Wildman–Crippen MR) is 307 cm³/mol. The summed E-state index contributed by atoms with van der Waals surface area (Å²) in [5.74, 6) is -0.699. The molecule has 0 aromatic carbocycles. The number of allylic oxidation sites excluding steroid dienone is 2. The number of hydrogen-bond donors (Lipinski definition) is 8. The maximum atomic E-state index is 13.2. The minimum atomic E-state index is -1.67. The van der Waals surface area contributed by atoms with Crippen LogP contribution in [0, 0.1) is 0 Å². The quantitative estimate of drug-likeness (QED) is 0.0215. The average molecular weight is 1050 g/mol. The Morgan fingerprint density at radius 3 is 1.16 bits per heavy atom. The van der Waals surface area contributed by atoms with E-state index in [9.17, 15) is 40.5 Å². The van der Waals surface area contributed by atoms with E-state index in [0.29, 0.717) is 12.8 Å². The number of ether oxygens (including phenoxy) is 2. The number of aliphatic hydroxyl groups is 7. The van der Waals surface area contributed by atoms with Gasteiger partial charge < -0.3 is 50.5 Å². The molecule has 11 heteroatoms. The second kappa shape index (κ2) is 52.5. The van der Waals surface area contributed by atoms with Gasteiger partial charge >= 0.3 is 0 Å². The third-order valence-electron chi connectivity index (χ3n) is 15.8. The van der Waals surface area contributed by atoms with E-state index in [-0.39, 0.29) is 12.8 Å². The number of nitrogens with one attached hydrogen (secondary N) is 1. The van der Waals surface area contributed by atoms with Crippen molar-refractivity contribution in [2.75, 3.05) is 13.2 Å². The maximum Gasteiger partial charge on any atom is 0.249 e. The van der Waals surface area contributed by atoms with E-state index in [1.165, 1.54) is 238 Å². The Morgan fingerprint density at radius 2 is 0.797 bits per heavy atom. The molecule has 1 saturated heterocycles. The summed E-state index contributed by atoms with van der Waals surface area (Å²) in [7, 11) is 0. The highest BCUT2D eigenvalue weighted by atomic mass is 16.7. The second-order valence-corrected chi connectivity index (χ2v) is 22.8. The van der Waals surface area contributed by atoms with Crippen molar-refractivity contribution >= 4 is 5.91 Å². The molecule has 1 fully saturated rings. The molecule has 9 atom stereocenters. The van der Waals surface area contributed by atoms with Crippen molar-refractivity contribution < 1.29 is 50.0 Å². The molecule has 1 rings (SSSR count). The molecule has 0 saturated carbocycles. The van der Waals surface area contributed by atoms with Gasteiger partial charge in [-0.1, -0.05) is 289 Å². The molecule has 440 valence electrons. The lowest BCUT2D eigenvalue weighted by Crippen LogP contribution is -2.60. The summed E-state index contributed by atoms with van der Waals surface area (Å²) in [4.78, 5) is 13.2. The first-order valence-electron chi connectivity index (χ1n) is 32.1. The van der Waals surface area contributed by atoms with Gasteiger partial charge in [0.1, 0.15) is 36.6 Å². The Kier molecular flexibility index (Phi) is 50.3. The Labute approximate surface area is 455 Å². The summed E-state index contributed by atoms with van der Waals surface area (Å²) in [6.45, 7) is 3.50. The van der Waals surface area contributed by atoms with Crippen LogP contribution in [-0.2, 0) is 14.3 Å². The van der Waals surface area contributed by atoms with Gasteiger partial charge in [0.05, 0.1) is 25.4 Å². The van der Waals surface area contributed by atoms with Crippen molar-refractivity contribution in [3.05, 3.63) is 12.2 Å². The summed E-state index contributed by atoms with van der Waals surface area (Å²) in [6, 6.07) is -1.18. The minimum Gasteiger partial charge on any atom is -0.394 e. The fraction of sp³-hybridized carbons (Fsp3) is 0.952. The standard InChI is InChI=1S/C63H123NO10/c1-3-5-7-9-11-13-15-17-19-21-23-25-27-28-29-31-33-35-37-39-41-43-45-47-49-51-56(67)62(72)64-54(53-73-63-61(71)60(70)59(69)57(52-65)74-63)58(68)55(66)50-48-46-44-42-40-38-36-34-32-30-26-24-22-20-18-16-14-12-10-8-6-4-2/h42,44,54-61,63,65-71H,3-41,43,45-53H2,1-2H3,(H,64,72)/b44-42+. The number of carbonyl (C=O) groups is 1. The van der Waals surface area contributed by atoms with Crippen LogP contribution in [-0.4, -0.2) is 110 Å². The molecule has 1 aliphatic heterocycles. The smallest absolute Gasteiger partial charge is 0.249 e. The first-order valence-corrected chi connectivity index (χ1v) is 32.1. The van der Waals surface area contributed by atoms with Crippen LogP contribution >= 0.6 is 0 Å². The van der Waals surface area contributed by atoms with Crippen LogP contribution < -0.4 is 5.32 Å². The number of unbranched alkanes of at least 4 members (excludes halogenated alkanes) is 42. The fourth-order valence-electron chi connectivity index (χ4n) is 10.6. The highest BCUT2D eigenvalue weighted by molar-refractivity contribution is 5.80.